The molecule has 1 aromatic heterocycles. The molecule has 3 aromatic rings. The fraction of sp³-hybridized carbons (Fsp3) is 0.0526. The lowest BCUT2D eigenvalue weighted by Gasteiger charge is -2.12. The Morgan fingerprint density at radius 2 is 1.85 bits per heavy atom. The van der Waals surface area contributed by atoms with Crippen LogP contribution < -0.4 is 4.74 Å². The maximum Gasteiger partial charge on any atom is 0.343 e. The predicted molar refractivity (Wildman–Crippen MR) is 92.5 cm³/mol. The number of benzene rings is 2. The van der Waals surface area contributed by atoms with Crippen LogP contribution in [0.2, 0.25) is 5.02 Å². The van der Waals surface area contributed by atoms with Gasteiger partial charge in [-0.25, -0.2) is 13.6 Å². The van der Waals surface area contributed by atoms with Gasteiger partial charge in [-0.3, -0.25) is 4.98 Å². The Kier molecular flexibility index (Phi) is 5.14. The summed E-state index contributed by atoms with van der Waals surface area (Å²) < 4.78 is 37.6. The molecule has 0 unspecified atom stereocenters. The molecule has 1 heterocycles. The van der Waals surface area contributed by atoms with Crippen molar-refractivity contribution >= 4 is 17.6 Å². The Morgan fingerprint density at radius 1 is 1.08 bits per heavy atom. The van der Waals surface area contributed by atoms with Gasteiger partial charge in [0.15, 0.2) is 0 Å². The second-order valence-electron chi connectivity index (χ2n) is 5.21. The van der Waals surface area contributed by atoms with Crippen LogP contribution in [0, 0.1) is 11.6 Å². The van der Waals surface area contributed by atoms with Gasteiger partial charge < -0.3 is 9.47 Å². The highest BCUT2D eigenvalue weighted by atomic mass is 35.5. The monoisotopic (exact) mass is 375 g/mol. The van der Waals surface area contributed by atoms with E-state index < -0.39 is 17.6 Å². The first-order valence-corrected chi connectivity index (χ1v) is 7.83. The molecule has 0 spiro atoms. The number of methoxy groups -OCH3 is 1. The number of esters is 1. The Hall–Kier alpha value is -2.99. The first-order valence-electron chi connectivity index (χ1n) is 7.45. The zero-order valence-electron chi connectivity index (χ0n) is 13.5. The van der Waals surface area contributed by atoms with Gasteiger partial charge in [0.25, 0.3) is 0 Å². The van der Waals surface area contributed by atoms with Gasteiger partial charge in [0.1, 0.15) is 28.7 Å². The summed E-state index contributed by atoms with van der Waals surface area (Å²) in [6.07, 6.45) is 1.20. The Balaban J connectivity index is 2.10. The van der Waals surface area contributed by atoms with Crippen molar-refractivity contribution in [3.63, 3.8) is 0 Å². The zero-order valence-corrected chi connectivity index (χ0v) is 14.3. The number of nitrogens with zero attached hydrogens (tertiary/aromatic N) is 1. The summed E-state index contributed by atoms with van der Waals surface area (Å²) in [6.45, 7) is 0. The Morgan fingerprint density at radius 3 is 2.54 bits per heavy atom. The molecule has 0 aliphatic carbocycles. The summed E-state index contributed by atoms with van der Waals surface area (Å²) in [5, 5.41) is 0.328. The molecule has 0 bridgehead atoms. The lowest BCUT2D eigenvalue weighted by atomic mass is 10.1. The molecule has 0 aliphatic heterocycles. The molecule has 0 saturated carbocycles. The molecule has 0 amide bonds. The van der Waals surface area contributed by atoms with Crippen LogP contribution in [0.15, 0.2) is 54.7 Å². The fourth-order valence-electron chi connectivity index (χ4n) is 2.28. The van der Waals surface area contributed by atoms with Gasteiger partial charge >= 0.3 is 5.97 Å². The van der Waals surface area contributed by atoms with Crippen LogP contribution in [0.5, 0.6) is 11.5 Å². The Bertz CT molecular complexity index is 979. The lowest BCUT2D eigenvalue weighted by molar-refractivity contribution is 0.0597. The van der Waals surface area contributed by atoms with E-state index in [-0.39, 0.29) is 22.6 Å². The van der Waals surface area contributed by atoms with Crippen molar-refractivity contribution in [2.45, 2.75) is 0 Å². The van der Waals surface area contributed by atoms with E-state index in [1.807, 2.05) is 0 Å². The van der Waals surface area contributed by atoms with Crippen LogP contribution in [0.4, 0.5) is 8.78 Å². The first kappa shape index (κ1) is 17.8. The number of hydrogen-bond acceptors (Lipinski definition) is 4. The third-order valence-corrected chi connectivity index (χ3v) is 3.85. The molecule has 132 valence electrons. The molecule has 0 aliphatic rings. The summed E-state index contributed by atoms with van der Waals surface area (Å²) in [6, 6.07) is 11.2. The molecule has 7 heteroatoms. The summed E-state index contributed by atoms with van der Waals surface area (Å²) in [5.41, 5.74) is 0.266. The maximum atomic E-state index is 14.1. The standard InChI is InChI=1S/C19H12ClF2NO3/c1-25-19(24)13-10-23-16(12-7-6-11(21)8-15(12)22)9-18(13)26-17-5-3-2-4-14(17)20/h2-10H,1H3. The molecule has 3 rings (SSSR count). The summed E-state index contributed by atoms with van der Waals surface area (Å²) in [7, 11) is 1.22. The van der Waals surface area contributed by atoms with Crippen molar-refractivity contribution in [3.8, 4) is 22.8 Å². The van der Waals surface area contributed by atoms with E-state index >= 15 is 0 Å². The number of carbonyl (C=O) groups is 1. The normalized spacial score (nSPS) is 10.5. The van der Waals surface area contributed by atoms with E-state index in [2.05, 4.69) is 4.98 Å². The Labute approximate surface area is 153 Å². The van der Waals surface area contributed by atoms with Gasteiger partial charge in [0, 0.05) is 23.9 Å². The third-order valence-electron chi connectivity index (χ3n) is 3.53. The van der Waals surface area contributed by atoms with Gasteiger partial charge in [-0.1, -0.05) is 23.7 Å². The van der Waals surface area contributed by atoms with E-state index in [0.29, 0.717) is 10.8 Å². The maximum absolute atomic E-state index is 14.1. The van der Waals surface area contributed by atoms with Crippen LogP contribution in [-0.2, 0) is 4.74 Å². The topological polar surface area (TPSA) is 48.4 Å². The highest BCUT2D eigenvalue weighted by Gasteiger charge is 2.18. The van der Waals surface area contributed by atoms with Crippen LogP contribution in [0.25, 0.3) is 11.3 Å². The molecule has 0 saturated heterocycles. The minimum atomic E-state index is -0.785. The number of halogens is 3. The highest BCUT2D eigenvalue weighted by molar-refractivity contribution is 6.32. The van der Waals surface area contributed by atoms with Crippen molar-refractivity contribution in [3.05, 3.63) is 76.9 Å². The second kappa shape index (κ2) is 7.49. The number of carbonyl (C=O) groups excluding carboxylic acids is 1. The van der Waals surface area contributed by atoms with Gasteiger partial charge in [-0.05, 0) is 24.3 Å². The molecular formula is C19H12ClF2NO3. The SMILES string of the molecule is COC(=O)c1cnc(-c2ccc(F)cc2F)cc1Oc1ccccc1Cl. The van der Waals surface area contributed by atoms with Gasteiger partial charge in [-0.2, -0.15) is 0 Å². The van der Waals surface area contributed by atoms with Crippen molar-refractivity contribution in [2.24, 2.45) is 0 Å². The third kappa shape index (κ3) is 3.65. The number of hydrogen-bond donors (Lipinski definition) is 0. The van der Waals surface area contributed by atoms with E-state index in [4.69, 9.17) is 21.1 Å². The largest absolute Gasteiger partial charge is 0.465 e. The summed E-state index contributed by atoms with van der Waals surface area (Å²) in [5.74, 6) is -1.78. The molecule has 26 heavy (non-hydrogen) atoms. The van der Waals surface area contributed by atoms with Crippen LogP contribution in [-0.4, -0.2) is 18.1 Å². The molecule has 0 fully saturated rings. The van der Waals surface area contributed by atoms with Crippen LogP contribution >= 0.6 is 11.6 Å². The van der Waals surface area contributed by atoms with Gasteiger partial charge in [-0.15, -0.1) is 0 Å². The number of rotatable bonds is 4. The quantitative estimate of drug-likeness (QED) is 0.584. The summed E-state index contributed by atoms with van der Waals surface area (Å²) >= 11 is 6.08. The zero-order chi connectivity index (χ0) is 18.7. The van der Waals surface area contributed by atoms with E-state index in [0.717, 1.165) is 12.1 Å². The second-order valence-corrected chi connectivity index (χ2v) is 5.62. The van der Waals surface area contributed by atoms with Crippen LogP contribution in [0.1, 0.15) is 10.4 Å². The number of aromatic nitrogens is 1. The average Bonchev–Trinajstić information content (AvgIpc) is 2.63. The van der Waals surface area contributed by atoms with Crippen molar-refractivity contribution in [1.82, 2.24) is 4.98 Å². The number of para-hydroxylation sites is 1. The van der Waals surface area contributed by atoms with Gasteiger partial charge in [0.2, 0.25) is 0 Å². The van der Waals surface area contributed by atoms with E-state index in [1.165, 1.54) is 25.4 Å². The smallest absolute Gasteiger partial charge is 0.343 e. The average molecular weight is 376 g/mol. The molecule has 0 radical (unpaired) electrons. The number of pyridine rings is 1. The van der Waals surface area contributed by atoms with Crippen molar-refractivity contribution < 1.29 is 23.0 Å². The predicted octanol–water partition coefficient (Wildman–Crippen LogP) is 5.26. The first-order chi connectivity index (χ1) is 12.5. The number of ether oxygens (including phenoxy) is 2. The molecule has 0 atom stereocenters. The fourth-order valence-corrected chi connectivity index (χ4v) is 2.45. The molecule has 0 N–H and O–H groups in total. The minimum Gasteiger partial charge on any atom is -0.465 e. The molecular weight excluding hydrogens is 364 g/mol. The summed E-state index contributed by atoms with van der Waals surface area (Å²) in [4.78, 5) is 16.0. The van der Waals surface area contributed by atoms with Crippen LogP contribution in [0.3, 0.4) is 0 Å². The molecule has 4 nitrogen and oxygen atoms in total. The van der Waals surface area contributed by atoms with Crippen molar-refractivity contribution in [1.29, 1.82) is 0 Å². The minimum absolute atomic E-state index is 0.0405. The van der Waals surface area contributed by atoms with E-state index in [9.17, 15) is 13.6 Å². The van der Waals surface area contributed by atoms with Crippen molar-refractivity contribution in [2.75, 3.05) is 7.11 Å². The van der Waals surface area contributed by atoms with E-state index in [1.54, 1.807) is 24.3 Å². The lowest BCUT2D eigenvalue weighted by Crippen LogP contribution is -2.05. The highest BCUT2D eigenvalue weighted by Crippen LogP contribution is 2.34. The molecule has 2 aromatic carbocycles. The van der Waals surface area contributed by atoms with Gasteiger partial charge in [0.05, 0.1) is 17.8 Å².